The van der Waals surface area contributed by atoms with Crippen molar-refractivity contribution >= 4 is 11.9 Å². The van der Waals surface area contributed by atoms with Crippen LogP contribution in [0.5, 0.6) is 0 Å². The highest BCUT2D eigenvalue weighted by Crippen LogP contribution is 2.42. The Bertz CT molecular complexity index is 879. The van der Waals surface area contributed by atoms with Crippen LogP contribution in [0.25, 0.3) is 5.69 Å². The molecule has 3 unspecified atom stereocenters. The molecule has 2 aliphatic rings. The third kappa shape index (κ3) is 2.50. The molecule has 3 atom stereocenters. The van der Waals surface area contributed by atoms with Gasteiger partial charge in [-0.1, -0.05) is 18.6 Å². The van der Waals surface area contributed by atoms with Gasteiger partial charge in [0.15, 0.2) is 0 Å². The normalized spacial score (nSPS) is 24.7. The van der Waals surface area contributed by atoms with Crippen LogP contribution in [0.3, 0.4) is 0 Å². The fourth-order valence-electron chi connectivity index (χ4n) is 4.47. The number of fused-ring (bicyclic) bond motifs is 1. The zero-order valence-corrected chi connectivity index (χ0v) is 14.4. The summed E-state index contributed by atoms with van der Waals surface area (Å²) in [5.41, 5.74) is 1.08. The summed E-state index contributed by atoms with van der Waals surface area (Å²) >= 11 is 0. The monoisotopic (exact) mass is 357 g/mol. The first kappa shape index (κ1) is 16.8. The van der Waals surface area contributed by atoms with Crippen LogP contribution >= 0.6 is 0 Å². The number of carboxylic acid groups (broad SMARTS) is 1. The summed E-state index contributed by atoms with van der Waals surface area (Å²) in [6, 6.07) is 5.42. The lowest BCUT2D eigenvalue weighted by Gasteiger charge is -2.24. The number of carboxylic acids is 1. The molecule has 136 valence electrons. The topological polar surface area (TPSA) is 75.4 Å². The second-order valence-corrected chi connectivity index (χ2v) is 7.10. The number of carbonyl (C=O) groups excluding carboxylic acids is 1. The maximum atomic E-state index is 14.1. The molecule has 1 aliphatic heterocycles. The lowest BCUT2D eigenvalue weighted by Crippen LogP contribution is -2.43. The molecule has 6 nitrogen and oxygen atoms in total. The molecule has 1 amide bonds. The number of hydrogen-bond donors (Lipinski definition) is 1. The van der Waals surface area contributed by atoms with Crippen LogP contribution in [0.1, 0.15) is 35.3 Å². The molecule has 2 fully saturated rings. The van der Waals surface area contributed by atoms with Crippen LogP contribution in [0.4, 0.5) is 4.39 Å². The van der Waals surface area contributed by atoms with E-state index in [9.17, 15) is 19.1 Å². The minimum atomic E-state index is -0.952. The van der Waals surface area contributed by atoms with Gasteiger partial charge in [0.05, 0.1) is 17.5 Å². The molecule has 7 heteroatoms. The Labute approximate surface area is 150 Å². The van der Waals surface area contributed by atoms with Gasteiger partial charge in [-0.2, -0.15) is 5.10 Å². The first-order chi connectivity index (χ1) is 12.5. The van der Waals surface area contributed by atoms with E-state index >= 15 is 0 Å². The highest BCUT2D eigenvalue weighted by molar-refractivity contribution is 5.98. The summed E-state index contributed by atoms with van der Waals surface area (Å²) in [4.78, 5) is 26.3. The first-order valence-electron chi connectivity index (χ1n) is 8.82. The maximum absolute atomic E-state index is 14.1. The zero-order chi connectivity index (χ0) is 18.4. The number of nitrogens with zero attached hydrogens (tertiary/aromatic N) is 3. The van der Waals surface area contributed by atoms with Crippen molar-refractivity contribution in [2.75, 3.05) is 6.54 Å². The Balaban J connectivity index is 1.67. The Morgan fingerprint density at radius 3 is 2.77 bits per heavy atom. The van der Waals surface area contributed by atoms with Crippen molar-refractivity contribution in [1.29, 1.82) is 0 Å². The largest absolute Gasteiger partial charge is 0.480 e. The Hall–Kier alpha value is -2.70. The molecule has 1 aromatic carbocycles. The number of carbonyl (C=O) groups is 2. The summed E-state index contributed by atoms with van der Waals surface area (Å²) in [6.45, 7) is 2.16. The van der Waals surface area contributed by atoms with E-state index in [1.165, 1.54) is 21.8 Å². The predicted molar refractivity (Wildman–Crippen MR) is 91.6 cm³/mol. The van der Waals surface area contributed by atoms with Crippen molar-refractivity contribution in [2.24, 2.45) is 11.8 Å². The van der Waals surface area contributed by atoms with Crippen molar-refractivity contribution in [3.05, 3.63) is 47.5 Å². The first-order valence-corrected chi connectivity index (χ1v) is 8.82. The molecule has 2 aromatic rings. The molecule has 0 radical (unpaired) electrons. The van der Waals surface area contributed by atoms with Gasteiger partial charge in [0.1, 0.15) is 17.5 Å². The van der Waals surface area contributed by atoms with Gasteiger partial charge in [-0.05, 0) is 43.7 Å². The van der Waals surface area contributed by atoms with E-state index in [-0.39, 0.29) is 23.4 Å². The quantitative estimate of drug-likeness (QED) is 0.916. The molecule has 0 bridgehead atoms. The molecule has 1 saturated carbocycles. The number of likely N-dealkylation sites (tertiary alicyclic amines) is 1. The van der Waals surface area contributed by atoms with E-state index < -0.39 is 17.8 Å². The molecule has 4 rings (SSSR count). The van der Waals surface area contributed by atoms with Crippen molar-refractivity contribution in [1.82, 2.24) is 14.7 Å². The van der Waals surface area contributed by atoms with Gasteiger partial charge in [-0.3, -0.25) is 4.79 Å². The minimum absolute atomic E-state index is 0.0263. The summed E-state index contributed by atoms with van der Waals surface area (Å²) in [6.07, 6.45) is 4.23. The molecular formula is C19H20FN3O3. The number of aliphatic carboxylic acids is 1. The minimum Gasteiger partial charge on any atom is -0.480 e. The molecule has 1 N–H and O–H groups in total. The number of hydrogen-bond acceptors (Lipinski definition) is 3. The summed E-state index contributed by atoms with van der Waals surface area (Å²) in [5.74, 6) is -1.45. The van der Waals surface area contributed by atoms with Crippen LogP contribution in [0, 0.1) is 24.6 Å². The average Bonchev–Trinajstić information content (AvgIpc) is 3.28. The van der Waals surface area contributed by atoms with E-state index in [0.717, 1.165) is 19.3 Å². The van der Waals surface area contributed by atoms with Crippen molar-refractivity contribution in [3.63, 3.8) is 0 Å². The smallest absolute Gasteiger partial charge is 0.326 e. The number of para-hydroxylation sites is 1. The fraction of sp³-hybridized carbons (Fsp3) is 0.421. The molecule has 1 aliphatic carbocycles. The van der Waals surface area contributed by atoms with E-state index in [4.69, 9.17) is 0 Å². The highest BCUT2D eigenvalue weighted by atomic mass is 19.1. The van der Waals surface area contributed by atoms with Crippen LogP contribution in [0.15, 0.2) is 30.5 Å². The second kappa shape index (κ2) is 6.23. The van der Waals surface area contributed by atoms with E-state index in [0.29, 0.717) is 17.8 Å². The Morgan fingerprint density at radius 2 is 2.04 bits per heavy atom. The molecule has 26 heavy (non-hydrogen) atoms. The fourth-order valence-corrected chi connectivity index (χ4v) is 4.47. The Morgan fingerprint density at radius 1 is 1.27 bits per heavy atom. The van der Waals surface area contributed by atoms with Gasteiger partial charge < -0.3 is 10.0 Å². The zero-order valence-electron chi connectivity index (χ0n) is 14.4. The number of benzene rings is 1. The van der Waals surface area contributed by atoms with Crippen LogP contribution in [-0.2, 0) is 4.79 Å². The molecule has 1 aromatic heterocycles. The van der Waals surface area contributed by atoms with Crippen molar-refractivity contribution < 1.29 is 19.1 Å². The lowest BCUT2D eigenvalue weighted by molar-refractivity contribution is -0.142. The lowest BCUT2D eigenvalue weighted by atomic mass is 9.94. The van der Waals surface area contributed by atoms with E-state index in [2.05, 4.69) is 5.10 Å². The third-order valence-corrected chi connectivity index (χ3v) is 5.73. The molecule has 1 saturated heterocycles. The highest BCUT2D eigenvalue weighted by Gasteiger charge is 2.50. The Kier molecular flexibility index (Phi) is 4.01. The summed E-state index contributed by atoms with van der Waals surface area (Å²) in [7, 11) is 0. The van der Waals surface area contributed by atoms with Crippen LogP contribution < -0.4 is 0 Å². The summed E-state index contributed by atoms with van der Waals surface area (Å²) < 4.78 is 15.4. The van der Waals surface area contributed by atoms with Gasteiger partial charge in [0.25, 0.3) is 5.91 Å². The second-order valence-electron chi connectivity index (χ2n) is 7.10. The van der Waals surface area contributed by atoms with Gasteiger partial charge in [0, 0.05) is 6.54 Å². The van der Waals surface area contributed by atoms with Crippen molar-refractivity contribution in [2.45, 2.75) is 32.2 Å². The number of halogens is 1. The van der Waals surface area contributed by atoms with Gasteiger partial charge >= 0.3 is 5.97 Å². The van der Waals surface area contributed by atoms with Gasteiger partial charge in [-0.25, -0.2) is 13.9 Å². The standard InChI is InChI=1S/C19H20FN3O3/c1-11-14(9-21-23(11)16-8-3-2-7-15(16)20)18(24)22-10-12-5-4-6-13(12)17(22)19(25)26/h2-3,7-9,12-13,17H,4-6,10H2,1H3,(H,25,26). The predicted octanol–water partition coefficient (Wildman–Crippen LogP) is 2.65. The molecular weight excluding hydrogens is 337 g/mol. The SMILES string of the molecule is Cc1c(C(=O)N2CC3CCCC3C2C(=O)O)cnn1-c1ccccc1F. The van der Waals surface area contributed by atoms with Crippen molar-refractivity contribution in [3.8, 4) is 5.69 Å². The summed E-state index contributed by atoms with van der Waals surface area (Å²) in [5, 5.41) is 13.8. The van der Waals surface area contributed by atoms with Crippen LogP contribution in [0.2, 0.25) is 0 Å². The molecule has 0 spiro atoms. The van der Waals surface area contributed by atoms with E-state index in [1.807, 2.05) is 0 Å². The number of amides is 1. The maximum Gasteiger partial charge on any atom is 0.326 e. The van der Waals surface area contributed by atoms with E-state index in [1.54, 1.807) is 25.1 Å². The average molecular weight is 357 g/mol. The third-order valence-electron chi connectivity index (χ3n) is 5.73. The number of aromatic nitrogens is 2. The van der Waals surface area contributed by atoms with Crippen LogP contribution in [-0.4, -0.2) is 44.3 Å². The molecule has 2 heterocycles. The number of rotatable bonds is 3. The van der Waals surface area contributed by atoms with Gasteiger partial charge in [0.2, 0.25) is 0 Å². The van der Waals surface area contributed by atoms with Gasteiger partial charge in [-0.15, -0.1) is 0 Å².